The van der Waals surface area contributed by atoms with Gasteiger partial charge in [-0.3, -0.25) is 9.88 Å². The summed E-state index contributed by atoms with van der Waals surface area (Å²) in [7, 11) is 0. The normalized spacial score (nSPS) is 17.9. The van der Waals surface area contributed by atoms with E-state index in [1.807, 2.05) is 0 Å². The van der Waals surface area contributed by atoms with E-state index in [-0.39, 0.29) is 5.75 Å². The van der Waals surface area contributed by atoms with Gasteiger partial charge in [0.1, 0.15) is 5.75 Å². The number of hydrogen-bond donors (Lipinski definition) is 2. The number of rotatable bonds is 7. The molecular weight excluding hydrogens is 345 g/mol. The number of ether oxygens (including phenoxy) is 1. The predicted molar refractivity (Wildman–Crippen MR) is 104 cm³/mol. The lowest BCUT2D eigenvalue weighted by Crippen LogP contribution is -2.42. The molecule has 1 aliphatic rings. The Morgan fingerprint density at radius 1 is 1.44 bits per heavy atom. The number of aromatic nitrogens is 1. The molecule has 0 spiro atoms. The smallest absolute Gasteiger partial charge is 0.188 e. The Morgan fingerprint density at radius 3 is 3.07 bits per heavy atom. The molecule has 3 N–H and O–H groups in total. The first-order chi connectivity index (χ1) is 13.2. The van der Waals surface area contributed by atoms with Crippen molar-refractivity contribution in [3.8, 4) is 11.5 Å². The topological polar surface area (TPSA) is 75.8 Å². The van der Waals surface area contributed by atoms with E-state index < -0.39 is 5.82 Å². The zero-order chi connectivity index (χ0) is 19.1. The van der Waals surface area contributed by atoms with Crippen molar-refractivity contribution in [2.75, 3.05) is 19.6 Å². The van der Waals surface area contributed by atoms with Gasteiger partial charge in [0.05, 0.1) is 12.7 Å². The summed E-state index contributed by atoms with van der Waals surface area (Å²) >= 11 is 0. The summed E-state index contributed by atoms with van der Waals surface area (Å²) in [5.41, 5.74) is 6.68. The number of nitrogens with zero attached hydrogens (tertiary/aromatic N) is 3. The quantitative estimate of drug-likeness (QED) is 0.578. The van der Waals surface area contributed by atoms with Gasteiger partial charge in [-0.1, -0.05) is 13.0 Å². The van der Waals surface area contributed by atoms with Crippen LogP contribution in [0.25, 0.3) is 0 Å². The molecule has 27 heavy (non-hydrogen) atoms. The van der Waals surface area contributed by atoms with Gasteiger partial charge in [-0.25, -0.2) is 9.38 Å². The van der Waals surface area contributed by atoms with E-state index in [0.29, 0.717) is 24.3 Å². The third-order valence-corrected chi connectivity index (χ3v) is 4.71. The molecule has 6 nitrogen and oxygen atoms in total. The van der Waals surface area contributed by atoms with Gasteiger partial charge in [-0.05, 0) is 55.8 Å². The van der Waals surface area contributed by atoms with Crippen LogP contribution in [0.5, 0.6) is 11.5 Å². The van der Waals surface area contributed by atoms with Gasteiger partial charge in [-0.2, -0.15) is 0 Å². The number of aliphatic imine (C=N–C) groups is 1. The second-order valence-corrected chi connectivity index (χ2v) is 6.56. The van der Waals surface area contributed by atoms with Crippen molar-refractivity contribution in [2.45, 2.75) is 32.4 Å². The lowest BCUT2D eigenvalue weighted by atomic mass is 10.2. The first kappa shape index (κ1) is 19.1. The molecule has 0 radical (unpaired) electrons. The average Bonchev–Trinajstić information content (AvgIpc) is 3.15. The minimum Gasteiger partial charge on any atom is -0.453 e. The maximum absolute atomic E-state index is 14.2. The summed E-state index contributed by atoms with van der Waals surface area (Å²) in [5.74, 6) is 0.586. The molecule has 3 rings (SSSR count). The van der Waals surface area contributed by atoms with E-state index in [4.69, 9.17) is 10.5 Å². The number of nitrogens with two attached hydrogens (primary N) is 1. The third-order valence-electron chi connectivity index (χ3n) is 4.71. The summed E-state index contributed by atoms with van der Waals surface area (Å²) in [6.07, 6.45) is 5.57. The standard InChI is InChI=1S/C20H26FN5O/c1-2-26-10-4-5-16(26)13-25-20(22)24-12-15-7-8-19(18(21)11-15)27-17-6-3-9-23-14-17/h3,6-9,11,14,16H,2,4-5,10,12-13H2,1H3,(H3,22,24,25). The first-order valence-electron chi connectivity index (χ1n) is 9.30. The van der Waals surface area contributed by atoms with Crippen LogP contribution in [-0.4, -0.2) is 41.5 Å². The zero-order valence-corrected chi connectivity index (χ0v) is 15.6. The van der Waals surface area contributed by atoms with Crippen molar-refractivity contribution in [3.05, 3.63) is 54.1 Å². The first-order valence-corrected chi connectivity index (χ1v) is 9.30. The van der Waals surface area contributed by atoms with Crippen LogP contribution in [0, 0.1) is 5.82 Å². The van der Waals surface area contributed by atoms with Gasteiger partial charge in [0, 0.05) is 18.8 Å². The number of guanidine groups is 1. The van der Waals surface area contributed by atoms with Crippen LogP contribution >= 0.6 is 0 Å². The molecule has 2 heterocycles. The molecule has 1 saturated heterocycles. The maximum atomic E-state index is 14.2. The van der Waals surface area contributed by atoms with Crippen molar-refractivity contribution in [1.82, 2.24) is 15.2 Å². The molecule has 0 amide bonds. The number of nitrogens with one attached hydrogen (secondary N) is 1. The van der Waals surface area contributed by atoms with Crippen LogP contribution in [0.1, 0.15) is 25.3 Å². The van der Waals surface area contributed by atoms with Gasteiger partial charge in [0.15, 0.2) is 17.5 Å². The van der Waals surface area contributed by atoms with Crippen LogP contribution in [0.15, 0.2) is 47.7 Å². The molecule has 1 aromatic carbocycles. The fraction of sp³-hybridized carbons (Fsp3) is 0.400. The predicted octanol–water partition coefficient (Wildman–Crippen LogP) is 2.90. The molecule has 144 valence electrons. The molecule has 1 atom stereocenters. The van der Waals surface area contributed by atoms with E-state index >= 15 is 0 Å². The van der Waals surface area contributed by atoms with Crippen LogP contribution in [-0.2, 0) is 6.54 Å². The number of halogens is 1. The van der Waals surface area contributed by atoms with Gasteiger partial charge in [-0.15, -0.1) is 0 Å². The molecule has 1 unspecified atom stereocenters. The fourth-order valence-corrected chi connectivity index (χ4v) is 3.26. The highest BCUT2D eigenvalue weighted by molar-refractivity contribution is 5.77. The highest BCUT2D eigenvalue weighted by atomic mass is 19.1. The molecule has 0 saturated carbocycles. The average molecular weight is 371 g/mol. The minimum atomic E-state index is -0.442. The van der Waals surface area contributed by atoms with Gasteiger partial charge < -0.3 is 15.8 Å². The Bertz CT molecular complexity index is 768. The largest absolute Gasteiger partial charge is 0.453 e. The molecule has 1 aromatic heterocycles. The Morgan fingerprint density at radius 2 is 2.33 bits per heavy atom. The summed E-state index contributed by atoms with van der Waals surface area (Å²) in [5, 5.41) is 3.18. The molecular formula is C20H26FN5O. The Labute approximate surface area is 159 Å². The van der Waals surface area contributed by atoms with Gasteiger partial charge in [0.25, 0.3) is 0 Å². The van der Waals surface area contributed by atoms with Gasteiger partial charge in [0.2, 0.25) is 0 Å². The molecule has 0 aliphatic carbocycles. The SMILES string of the molecule is CCN1CCCC1CNC(N)=NCc1ccc(Oc2cccnc2)c(F)c1. The van der Waals surface area contributed by atoms with E-state index in [2.05, 4.69) is 27.1 Å². The van der Waals surface area contributed by atoms with Crippen LogP contribution in [0.3, 0.4) is 0 Å². The molecule has 1 aliphatic heterocycles. The number of hydrogen-bond acceptors (Lipinski definition) is 4. The van der Waals surface area contributed by atoms with E-state index in [9.17, 15) is 4.39 Å². The summed E-state index contributed by atoms with van der Waals surface area (Å²) in [6.45, 7) is 5.47. The second-order valence-electron chi connectivity index (χ2n) is 6.56. The number of likely N-dealkylation sites (N-methyl/N-ethyl adjacent to an activating group) is 1. The van der Waals surface area contributed by atoms with E-state index in [1.165, 1.54) is 25.1 Å². The van der Waals surface area contributed by atoms with Gasteiger partial charge >= 0.3 is 0 Å². The Kier molecular flexibility index (Phi) is 6.59. The second kappa shape index (κ2) is 9.32. The molecule has 0 bridgehead atoms. The number of benzene rings is 1. The molecule has 1 fully saturated rings. The number of pyridine rings is 1. The summed E-state index contributed by atoms with van der Waals surface area (Å²) in [4.78, 5) is 10.7. The lowest BCUT2D eigenvalue weighted by molar-refractivity contribution is 0.267. The van der Waals surface area contributed by atoms with E-state index in [1.54, 1.807) is 30.5 Å². The highest BCUT2D eigenvalue weighted by Crippen LogP contribution is 2.24. The van der Waals surface area contributed by atoms with Crippen molar-refractivity contribution >= 4 is 5.96 Å². The van der Waals surface area contributed by atoms with Crippen molar-refractivity contribution < 1.29 is 9.13 Å². The summed E-state index contributed by atoms with van der Waals surface area (Å²) < 4.78 is 19.7. The fourth-order valence-electron chi connectivity index (χ4n) is 3.26. The Balaban J connectivity index is 1.52. The van der Waals surface area contributed by atoms with E-state index in [0.717, 1.165) is 25.2 Å². The minimum absolute atomic E-state index is 0.155. The van der Waals surface area contributed by atoms with Crippen molar-refractivity contribution in [1.29, 1.82) is 0 Å². The maximum Gasteiger partial charge on any atom is 0.188 e. The van der Waals surface area contributed by atoms with Crippen molar-refractivity contribution in [2.24, 2.45) is 10.7 Å². The molecule has 2 aromatic rings. The zero-order valence-electron chi connectivity index (χ0n) is 15.6. The lowest BCUT2D eigenvalue weighted by Gasteiger charge is -2.23. The Hall–Kier alpha value is -2.67. The number of likely N-dealkylation sites (tertiary alicyclic amines) is 1. The van der Waals surface area contributed by atoms with Crippen LogP contribution in [0.4, 0.5) is 4.39 Å². The monoisotopic (exact) mass is 371 g/mol. The summed E-state index contributed by atoms with van der Waals surface area (Å²) in [6, 6.07) is 8.75. The molecule has 7 heteroatoms. The highest BCUT2D eigenvalue weighted by Gasteiger charge is 2.22. The van der Waals surface area contributed by atoms with Crippen LogP contribution < -0.4 is 15.8 Å². The van der Waals surface area contributed by atoms with Crippen molar-refractivity contribution in [3.63, 3.8) is 0 Å². The third kappa shape index (κ3) is 5.40. The van der Waals surface area contributed by atoms with Crippen LogP contribution in [0.2, 0.25) is 0 Å².